The van der Waals surface area contributed by atoms with E-state index >= 15 is 0 Å². The first-order valence-corrected chi connectivity index (χ1v) is 4.78. The van der Waals surface area contributed by atoms with Gasteiger partial charge in [-0.05, 0) is 13.0 Å². The zero-order valence-corrected chi connectivity index (χ0v) is 7.50. The molecule has 0 spiro atoms. The largest absolute Gasteiger partial charge is 0.306 e. The molecule has 64 valence electrons. The van der Waals surface area contributed by atoms with Crippen LogP contribution in [-0.2, 0) is 9.59 Å². The molecule has 1 fully saturated rings. The van der Waals surface area contributed by atoms with Gasteiger partial charge in [-0.25, -0.2) is 0 Å². The van der Waals surface area contributed by atoms with Gasteiger partial charge in [0.2, 0.25) is 5.91 Å². The molecule has 0 aromatic heterocycles. The summed E-state index contributed by atoms with van der Waals surface area (Å²) in [7, 11) is 0. The van der Waals surface area contributed by atoms with Crippen molar-refractivity contribution in [1.82, 2.24) is 4.90 Å². The van der Waals surface area contributed by atoms with Crippen molar-refractivity contribution in [3.05, 3.63) is 12.3 Å². The van der Waals surface area contributed by atoms with Gasteiger partial charge in [-0.1, -0.05) is 0 Å². The first-order valence-electron chi connectivity index (χ1n) is 3.84. The van der Waals surface area contributed by atoms with Crippen molar-refractivity contribution in [1.29, 1.82) is 0 Å². The van der Waals surface area contributed by atoms with E-state index in [2.05, 4.69) is 0 Å². The molecule has 0 N–H and O–H groups in total. The number of ketones is 1. The van der Waals surface area contributed by atoms with Crippen molar-refractivity contribution in [3.8, 4) is 0 Å². The molecule has 0 aliphatic carbocycles. The van der Waals surface area contributed by atoms with Crippen molar-refractivity contribution in [3.63, 3.8) is 0 Å². The van der Waals surface area contributed by atoms with Gasteiger partial charge >= 0.3 is 0 Å². The van der Waals surface area contributed by atoms with E-state index in [0.29, 0.717) is 6.42 Å². The Morgan fingerprint density at radius 1 is 1.75 bits per heavy atom. The first kappa shape index (κ1) is 7.86. The summed E-state index contributed by atoms with van der Waals surface area (Å²) in [6, 6.07) is 0. The molecule has 2 atom stereocenters. The topological polar surface area (TPSA) is 37.4 Å². The molecular weight excluding hydrogens is 174 g/mol. The molecule has 2 rings (SSSR count). The number of β-lactam (4-membered cyclic amide) rings is 1. The number of carbonyl (C=O) groups excluding carboxylic acids is 2. The summed E-state index contributed by atoms with van der Waals surface area (Å²) >= 11 is 1.56. The number of hydrogen-bond donors (Lipinski definition) is 0. The van der Waals surface area contributed by atoms with E-state index in [-0.39, 0.29) is 22.3 Å². The van der Waals surface area contributed by atoms with Crippen LogP contribution < -0.4 is 0 Å². The summed E-state index contributed by atoms with van der Waals surface area (Å²) in [5.41, 5.74) is 0. The molecule has 4 heteroatoms. The van der Waals surface area contributed by atoms with E-state index in [1.165, 1.54) is 0 Å². The second kappa shape index (κ2) is 2.62. The zero-order valence-electron chi connectivity index (χ0n) is 6.69. The van der Waals surface area contributed by atoms with E-state index < -0.39 is 0 Å². The van der Waals surface area contributed by atoms with Crippen molar-refractivity contribution >= 4 is 23.5 Å². The number of hydrogen-bond acceptors (Lipinski definition) is 3. The lowest BCUT2D eigenvalue weighted by molar-refractivity contribution is -0.137. The van der Waals surface area contributed by atoms with Crippen LogP contribution in [0.2, 0.25) is 0 Å². The molecule has 0 saturated carbocycles. The van der Waals surface area contributed by atoms with Crippen LogP contribution in [0.1, 0.15) is 13.3 Å². The Kier molecular flexibility index (Phi) is 1.72. The quantitative estimate of drug-likeness (QED) is 0.563. The molecule has 2 heterocycles. The Hall–Kier alpha value is -0.770. The Labute approximate surface area is 74.8 Å². The van der Waals surface area contributed by atoms with Crippen LogP contribution in [0, 0.1) is 0 Å². The van der Waals surface area contributed by atoms with Crippen LogP contribution in [0.3, 0.4) is 0 Å². The maximum Gasteiger partial charge on any atom is 0.230 e. The third-order valence-electron chi connectivity index (χ3n) is 2.07. The average molecular weight is 183 g/mol. The normalized spacial score (nSPS) is 32.8. The molecular formula is C8H9NO2S. The number of Topliss-reactive ketones (excluding diaryl/α,β-unsaturated/α-hetero) is 1. The third kappa shape index (κ3) is 1.06. The molecule has 0 aromatic rings. The van der Waals surface area contributed by atoms with Crippen LogP contribution in [0.15, 0.2) is 12.3 Å². The summed E-state index contributed by atoms with van der Waals surface area (Å²) < 4.78 is 0. The van der Waals surface area contributed by atoms with Gasteiger partial charge in [0.1, 0.15) is 5.78 Å². The van der Waals surface area contributed by atoms with Crippen LogP contribution in [0.25, 0.3) is 0 Å². The zero-order chi connectivity index (χ0) is 8.72. The minimum Gasteiger partial charge on any atom is -0.306 e. The molecule has 0 aromatic carbocycles. The van der Waals surface area contributed by atoms with Crippen molar-refractivity contribution in [2.45, 2.75) is 24.0 Å². The van der Waals surface area contributed by atoms with E-state index in [9.17, 15) is 9.59 Å². The molecule has 0 bridgehead atoms. The van der Waals surface area contributed by atoms with E-state index in [1.807, 2.05) is 0 Å². The minimum atomic E-state index is -0.0423. The fourth-order valence-corrected chi connectivity index (χ4v) is 2.56. The predicted molar refractivity (Wildman–Crippen MR) is 46.5 cm³/mol. The highest BCUT2D eigenvalue weighted by Gasteiger charge is 2.39. The number of fused-ring (bicyclic) bond motifs is 1. The highest BCUT2D eigenvalue weighted by Crippen LogP contribution is 2.36. The summed E-state index contributed by atoms with van der Waals surface area (Å²) in [5.74, 6) is 0.320. The van der Waals surface area contributed by atoms with Gasteiger partial charge in [-0.2, -0.15) is 0 Å². The monoisotopic (exact) mass is 183 g/mol. The SMILES string of the molecule is CC(=O)C1C=CN2C(=O)C[C@H]2S1. The molecule has 2 aliphatic heterocycles. The van der Waals surface area contributed by atoms with Gasteiger partial charge in [-0.15, -0.1) is 11.8 Å². The molecule has 1 amide bonds. The molecule has 0 radical (unpaired) electrons. The number of thioether (sulfide) groups is 1. The summed E-state index contributed by atoms with van der Waals surface area (Å²) in [6.07, 6.45) is 4.11. The van der Waals surface area contributed by atoms with Gasteiger partial charge < -0.3 is 4.90 Å². The number of nitrogens with zero attached hydrogens (tertiary/aromatic N) is 1. The predicted octanol–water partition coefficient (Wildman–Crippen LogP) is 0.763. The molecule has 1 unspecified atom stereocenters. The Morgan fingerprint density at radius 2 is 2.50 bits per heavy atom. The minimum absolute atomic E-state index is 0.0423. The van der Waals surface area contributed by atoms with Crippen molar-refractivity contribution < 1.29 is 9.59 Å². The van der Waals surface area contributed by atoms with Crippen LogP contribution in [-0.4, -0.2) is 27.2 Å². The van der Waals surface area contributed by atoms with E-state index in [0.717, 1.165) is 0 Å². The fraction of sp³-hybridized carbons (Fsp3) is 0.500. The fourth-order valence-electron chi connectivity index (χ4n) is 1.31. The highest BCUT2D eigenvalue weighted by atomic mass is 32.2. The van der Waals surface area contributed by atoms with Gasteiger partial charge in [0.05, 0.1) is 17.0 Å². The molecule has 2 aliphatic rings. The van der Waals surface area contributed by atoms with Gasteiger partial charge in [0.25, 0.3) is 0 Å². The van der Waals surface area contributed by atoms with Gasteiger partial charge in [0.15, 0.2) is 0 Å². The number of amides is 1. The second-order valence-corrected chi connectivity index (χ2v) is 4.29. The smallest absolute Gasteiger partial charge is 0.230 e. The Bertz CT molecular complexity index is 274. The number of rotatable bonds is 1. The van der Waals surface area contributed by atoms with Gasteiger partial charge in [0, 0.05) is 6.20 Å². The first-order chi connectivity index (χ1) is 5.68. The van der Waals surface area contributed by atoms with E-state index in [4.69, 9.17) is 0 Å². The lowest BCUT2D eigenvalue weighted by Crippen LogP contribution is -2.50. The van der Waals surface area contributed by atoms with Crippen molar-refractivity contribution in [2.75, 3.05) is 0 Å². The molecule has 1 saturated heterocycles. The maximum absolute atomic E-state index is 11.0. The average Bonchev–Trinajstić information content (AvgIpc) is 2.01. The molecule has 12 heavy (non-hydrogen) atoms. The Morgan fingerprint density at radius 3 is 3.00 bits per heavy atom. The van der Waals surface area contributed by atoms with Crippen LogP contribution >= 0.6 is 11.8 Å². The van der Waals surface area contributed by atoms with Gasteiger partial charge in [-0.3, -0.25) is 9.59 Å². The lowest BCUT2D eigenvalue weighted by Gasteiger charge is -2.41. The standard InChI is InChI=1S/C8H9NO2S/c1-5(10)6-2-3-9-7(11)4-8(9)12-6/h2-3,6,8H,4H2,1H3/t6?,8-/m1/s1. The number of carbonyl (C=O) groups is 2. The van der Waals surface area contributed by atoms with E-state index in [1.54, 1.807) is 35.9 Å². The van der Waals surface area contributed by atoms with Crippen LogP contribution in [0.5, 0.6) is 0 Å². The van der Waals surface area contributed by atoms with Crippen LogP contribution in [0.4, 0.5) is 0 Å². The van der Waals surface area contributed by atoms with Crippen molar-refractivity contribution in [2.24, 2.45) is 0 Å². The molecule has 3 nitrogen and oxygen atoms in total. The summed E-state index contributed by atoms with van der Waals surface area (Å²) in [6.45, 7) is 1.58. The highest BCUT2D eigenvalue weighted by molar-refractivity contribution is 8.01. The summed E-state index contributed by atoms with van der Waals surface area (Å²) in [4.78, 5) is 23.6. The second-order valence-electron chi connectivity index (χ2n) is 2.97. The third-order valence-corrected chi connectivity index (χ3v) is 3.56. The lowest BCUT2D eigenvalue weighted by atomic mass is 10.2. The summed E-state index contributed by atoms with van der Waals surface area (Å²) in [5, 5.41) is 0.177. The maximum atomic E-state index is 11.0. The Balaban J connectivity index is 2.11.